The zero-order chi connectivity index (χ0) is 23.7. The van der Waals surface area contributed by atoms with Gasteiger partial charge in [-0.2, -0.15) is 0 Å². The van der Waals surface area contributed by atoms with E-state index in [2.05, 4.69) is 15.6 Å². The number of ether oxygens (including phenoxy) is 1. The lowest BCUT2D eigenvalue weighted by Gasteiger charge is -2.24. The number of hydrogen-bond donors (Lipinski definition) is 3. The molecule has 3 aromatic rings. The first kappa shape index (κ1) is 22.0. The number of methoxy groups -OCH3 is 1. The number of urea groups is 1. The maximum atomic E-state index is 12.8. The van der Waals surface area contributed by atoms with Crippen LogP contribution in [0.5, 0.6) is 5.75 Å². The molecule has 1 aliphatic heterocycles. The second-order valence-corrected chi connectivity index (χ2v) is 8.89. The lowest BCUT2D eigenvalue weighted by atomic mass is 9.91. The molecule has 4 amide bonds. The molecule has 0 spiro atoms. The van der Waals surface area contributed by atoms with Crippen LogP contribution < -0.4 is 15.4 Å². The van der Waals surface area contributed by atoms with Crippen LogP contribution in [-0.2, 0) is 22.6 Å². The fourth-order valence-electron chi connectivity index (χ4n) is 4.94. The van der Waals surface area contributed by atoms with E-state index in [1.165, 1.54) is 10.5 Å². The summed E-state index contributed by atoms with van der Waals surface area (Å²) in [4.78, 5) is 42.5. The third kappa shape index (κ3) is 4.23. The van der Waals surface area contributed by atoms with Gasteiger partial charge in [-0.25, -0.2) is 4.79 Å². The predicted molar refractivity (Wildman–Crippen MR) is 127 cm³/mol. The van der Waals surface area contributed by atoms with E-state index in [1.54, 1.807) is 7.11 Å². The van der Waals surface area contributed by atoms with E-state index in [4.69, 9.17) is 4.74 Å². The van der Waals surface area contributed by atoms with Gasteiger partial charge in [0.2, 0.25) is 5.91 Å². The minimum atomic E-state index is -0.676. The van der Waals surface area contributed by atoms with Crippen LogP contribution in [0.1, 0.15) is 48.5 Å². The normalized spacial score (nSPS) is 19.7. The summed E-state index contributed by atoms with van der Waals surface area (Å²) in [5.74, 6) is 0.397. The summed E-state index contributed by atoms with van der Waals surface area (Å²) in [5, 5.41) is 6.97. The van der Waals surface area contributed by atoms with Crippen molar-refractivity contribution in [2.45, 2.75) is 50.7 Å². The first-order valence-electron chi connectivity index (χ1n) is 11.7. The van der Waals surface area contributed by atoms with Crippen molar-refractivity contribution in [2.75, 3.05) is 7.11 Å². The number of fused-ring (bicyclic) bond motifs is 3. The number of amides is 4. The Balaban J connectivity index is 1.20. The van der Waals surface area contributed by atoms with Gasteiger partial charge in [-0.15, -0.1) is 0 Å². The maximum Gasteiger partial charge on any atom is 0.325 e. The lowest BCUT2D eigenvalue weighted by Crippen LogP contribution is -2.34. The van der Waals surface area contributed by atoms with Gasteiger partial charge in [0, 0.05) is 23.0 Å². The van der Waals surface area contributed by atoms with Crippen LogP contribution in [0, 0.1) is 0 Å². The smallest absolute Gasteiger partial charge is 0.325 e. The van der Waals surface area contributed by atoms with Crippen molar-refractivity contribution in [1.29, 1.82) is 0 Å². The Labute approximate surface area is 197 Å². The first-order chi connectivity index (χ1) is 16.5. The average Bonchev–Trinajstić information content (AvgIpc) is 3.36. The van der Waals surface area contributed by atoms with Crippen LogP contribution in [0.25, 0.3) is 10.9 Å². The van der Waals surface area contributed by atoms with Crippen molar-refractivity contribution in [3.63, 3.8) is 0 Å². The number of nitrogens with one attached hydrogen (secondary N) is 3. The number of imide groups is 1. The Morgan fingerprint density at radius 3 is 2.79 bits per heavy atom. The molecule has 34 heavy (non-hydrogen) atoms. The van der Waals surface area contributed by atoms with Gasteiger partial charge < -0.3 is 20.4 Å². The fourth-order valence-corrected chi connectivity index (χ4v) is 4.94. The van der Waals surface area contributed by atoms with Gasteiger partial charge in [-0.1, -0.05) is 30.3 Å². The Bertz CT molecular complexity index is 1240. The van der Waals surface area contributed by atoms with Crippen molar-refractivity contribution in [3.05, 3.63) is 65.4 Å². The average molecular weight is 461 g/mol. The third-order valence-corrected chi connectivity index (χ3v) is 6.70. The third-order valence-electron chi connectivity index (χ3n) is 6.70. The van der Waals surface area contributed by atoms with Crippen LogP contribution >= 0.6 is 0 Å². The number of aromatic nitrogens is 1. The Kier molecular flexibility index (Phi) is 5.96. The number of benzene rings is 2. The fraction of sp³-hybridized carbons (Fsp3) is 0.346. The van der Waals surface area contributed by atoms with E-state index in [9.17, 15) is 14.4 Å². The van der Waals surface area contributed by atoms with Gasteiger partial charge in [0.25, 0.3) is 5.91 Å². The summed E-state index contributed by atoms with van der Waals surface area (Å²) in [7, 11) is 1.65. The Morgan fingerprint density at radius 2 is 2.00 bits per heavy atom. The van der Waals surface area contributed by atoms with Crippen molar-refractivity contribution in [1.82, 2.24) is 20.5 Å². The highest BCUT2D eigenvalue weighted by Crippen LogP contribution is 2.36. The molecule has 1 aliphatic carbocycles. The molecule has 0 unspecified atom stereocenters. The van der Waals surface area contributed by atoms with Gasteiger partial charge >= 0.3 is 6.03 Å². The molecule has 1 aromatic heterocycles. The molecule has 0 radical (unpaired) electrons. The van der Waals surface area contributed by atoms with Crippen molar-refractivity contribution < 1.29 is 19.1 Å². The Morgan fingerprint density at radius 1 is 1.18 bits per heavy atom. The van der Waals surface area contributed by atoms with Gasteiger partial charge in [0.15, 0.2) is 0 Å². The standard InChI is InChI=1S/C26H28N4O4/c1-34-17-10-11-20-19(14-17)18-8-5-9-21(24(18)28-20)27-23(31)13-12-22-25(32)30(26(33)29-22)15-16-6-3-2-4-7-16/h2-4,6-7,10-11,14,21-22,28H,5,8-9,12-13,15H2,1H3,(H,27,31)(H,29,33)/t21-,22-/m1/s1. The molecule has 1 saturated heterocycles. The second kappa shape index (κ2) is 9.21. The molecular formula is C26H28N4O4. The second-order valence-electron chi connectivity index (χ2n) is 8.89. The van der Waals surface area contributed by atoms with Crippen molar-refractivity contribution in [2.24, 2.45) is 0 Å². The SMILES string of the molecule is COc1ccc2[nH]c3c(c2c1)CCC[C@H]3NC(=O)CC[C@H]1NC(=O)N(Cc2ccccc2)C1=O. The number of H-pyrrole nitrogens is 1. The van der Waals surface area contributed by atoms with Crippen molar-refractivity contribution >= 4 is 28.7 Å². The predicted octanol–water partition coefficient (Wildman–Crippen LogP) is 3.57. The summed E-state index contributed by atoms with van der Waals surface area (Å²) in [5.41, 5.74) is 4.18. The number of aryl methyl sites for hydroxylation is 1. The van der Waals surface area contributed by atoms with Crippen LogP contribution in [0.2, 0.25) is 0 Å². The molecule has 8 nitrogen and oxygen atoms in total. The first-order valence-corrected chi connectivity index (χ1v) is 11.7. The summed E-state index contributed by atoms with van der Waals surface area (Å²) in [6, 6.07) is 14.1. The molecule has 5 rings (SSSR count). The number of aromatic amines is 1. The molecule has 0 saturated carbocycles. The van der Waals surface area contributed by atoms with Gasteiger partial charge in [-0.05, 0) is 55.0 Å². The van der Waals surface area contributed by atoms with Crippen LogP contribution in [-0.4, -0.2) is 40.9 Å². The van der Waals surface area contributed by atoms with Gasteiger partial charge in [0.1, 0.15) is 11.8 Å². The summed E-state index contributed by atoms with van der Waals surface area (Å²) in [6.45, 7) is 0.226. The van der Waals surface area contributed by atoms with Gasteiger partial charge in [-0.3, -0.25) is 14.5 Å². The van der Waals surface area contributed by atoms with Gasteiger partial charge in [0.05, 0.1) is 19.7 Å². The summed E-state index contributed by atoms with van der Waals surface area (Å²) in [6.07, 6.45) is 3.22. The zero-order valence-corrected chi connectivity index (χ0v) is 19.1. The zero-order valence-electron chi connectivity index (χ0n) is 19.1. The van der Waals surface area contributed by atoms with E-state index in [1.807, 2.05) is 48.5 Å². The minimum Gasteiger partial charge on any atom is -0.497 e. The topological polar surface area (TPSA) is 104 Å². The maximum absolute atomic E-state index is 12.8. The van der Waals surface area contributed by atoms with E-state index in [-0.39, 0.29) is 37.2 Å². The molecule has 176 valence electrons. The number of rotatable bonds is 7. The number of hydrogen-bond acceptors (Lipinski definition) is 4. The van der Waals surface area contributed by atoms with Crippen LogP contribution in [0.15, 0.2) is 48.5 Å². The molecule has 0 bridgehead atoms. The van der Waals surface area contributed by atoms with E-state index in [0.29, 0.717) is 0 Å². The quantitative estimate of drug-likeness (QED) is 0.469. The molecule has 2 atom stereocenters. The lowest BCUT2D eigenvalue weighted by molar-refractivity contribution is -0.128. The molecule has 1 fully saturated rings. The molecule has 3 N–H and O–H groups in total. The molecule has 2 aliphatic rings. The van der Waals surface area contributed by atoms with Crippen LogP contribution in [0.4, 0.5) is 4.79 Å². The molecule has 8 heteroatoms. The number of carbonyl (C=O) groups is 3. The number of carbonyl (C=O) groups excluding carboxylic acids is 3. The molecule has 2 aromatic carbocycles. The Hall–Kier alpha value is -3.81. The van der Waals surface area contributed by atoms with Crippen molar-refractivity contribution in [3.8, 4) is 5.75 Å². The molecular weight excluding hydrogens is 432 g/mol. The number of nitrogens with zero attached hydrogens (tertiary/aromatic N) is 1. The highest BCUT2D eigenvalue weighted by molar-refractivity contribution is 6.04. The highest BCUT2D eigenvalue weighted by atomic mass is 16.5. The summed E-state index contributed by atoms with van der Waals surface area (Å²) >= 11 is 0. The van der Waals surface area contributed by atoms with E-state index >= 15 is 0 Å². The molecule has 2 heterocycles. The largest absolute Gasteiger partial charge is 0.497 e. The minimum absolute atomic E-state index is 0.0990. The summed E-state index contributed by atoms with van der Waals surface area (Å²) < 4.78 is 5.37. The van der Waals surface area contributed by atoms with E-state index in [0.717, 1.165) is 47.2 Å². The highest BCUT2D eigenvalue weighted by Gasteiger charge is 2.38. The monoisotopic (exact) mass is 460 g/mol. The van der Waals surface area contributed by atoms with E-state index < -0.39 is 12.1 Å². The van der Waals surface area contributed by atoms with Crippen LogP contribution in [0.3, 0.4) is 0 Å².